The highest BCUT2D eigenvalue weighted by Crippen LogP contribution is 2.14. The zero-order valence-corrected chi connectivity index (χ0v) is 26.5. The van der Waals surface area contributed by atoms with E-state index >= 15 is 0 Å². The highest BCUT2D eigenvalue weighted by Gasteiger charge is 2.14. The number of amides is 2. The number of ketones is 2. The van der Waals surface area contributed by atoms with E-state index in [0.717, 1.165) is 50.4 Å². The average molecular weight is 599 g/mol. The van der Waals surface area contributed by atoms with E-state index < -0.39 is 0 Å². The minimum Gasteiger partial charge on any atom is -0.351 e. The first-order valence-electron chi connectivity index (χ1n) is 15.6. The fourth-order valence-corrected chi connectivity index (χ4v) is 4.93. The summed E-state index contributed by atoms with van der Waals surface area (Å²) in [4.78, 5) is 55.5. The summed E-state index contributed by atoms with van der Waals surface area (Å²) in [6.45, 7) is 14.9. The average Bonchev–Trinajstić information content (AvgIpc) is 3.05. The van der Waals surface area contributed by atoms with Crippen molar-refractivity contribution in [2.45, 2.75) is 40.5 Å². The van der Waals surface area contributed by atoms with Gasteiger partial charge >= 0.3 is 0 Å². The maximum atomic E-state index is 13.0. The molecule has 0 aliphatic heterocycles. The summed E-state index contributed by atoms with van der Waals surface area (Å²) in [6, 6.07) is 20.9. The molecule has 44 heavy (non-hydrogen) atoms. The lowest BCUT2D eigenvalue weighted by Gasteiger charge is -2.17. The van der Waals surface area contributed by atoms with Gasteiger partial charge in [0.25, 0.3) is 11.8 Å². The first kappa shape index (κ1) is 34.4. The molecule has 0 bridgehead atoms. The van der Waals surface area contributed by atoms with E-state index in [4.69, 9.17) is 0 Å². The molecule has 0 unspecified atom stereocenters. The molecule has 2 amide bonds. The molecule has 0 aliphatic carbocycles. The van der Waals surface area contributed by atoms with Gasteiger partial charge < -0.3 is 20.4 Å². The molecule has 8 nitrogen and oxygen atoms in total. The molecule has 0 radical (unpaired) electrons. The van der Waals surface area contributed by atoms with Crippen LogP contribution in [-0.4, -0.2) is 85.5 Å². The van der Waals surface area contributed by atoms with Crippen LogP contribution in [0.5, 0.6) is 0 Å². The third-order valence-electron chi connectivity index (χ3n) is 7.88. The van der Waals surface area contributed by atoms with Gasteiger partial charge in [-0.1, -0.05) is 70.2 Å². The second kappa shape index (κ2) is 17.9. The van der Waals surface area contributed by atoms with Gasteiger partial charge in [0, 0.05) is 61.3 Å². The Bertz CT molecular complexity index is 1280. The summed E-state index contributed by atoms with van der Waals surface area (Å²) < 4.78 is 0. The minimum absolute atomic E-state index is 0.104. The second-order valence-electron chi connectivity index (χ2n) is 10.7. The Labute approximate surface area is 261 Å². The SMILES string of the molecule is CCN(CC)CCNC(=O)c1ccc(CC(=O)c2cccc(C(=O)Cc3ccc(C(=O)NCCN(CC)CC)cc3)c2)cc1. The number of benzene rings is 3. The fraction of sp³-hybridized carbons (Fsp3) is 0.389. The van der Waals surface area contributed by atoms with Crippen LogP contribution in [0.1, 0.15) is 80.3 Å². The van der Waals surface area contributed by atoms with E-state index in [-0.39, 0.29) is 36.2 Å². The Morgan fingerprint density at radius 3 is 1.23 bits per heavy atom. The summed E-state index contributed by atoms with van der Waals surface area (Å²) in [5.41, 5.74) is 3.62. The van der Waals surface area contributed by atoms with Crippen LogP contribution in [0.4, 0.5) is 0 Å². The number of carbonyl (C=O) groups excluding carboxylic acids is 4. The second-order valence-corrected chi connectivity index (χ2v) is 10.7. The zero-order chi connectivity index (χ0) is 31.9. The molecule has 0 saturated heterocycles. The van der Waals surface area contributed by atoms with Gasteiger partial charge in [-0.05, 0) is 67.6 Å². The molecule has 0 atom stereocenters. The lowest BCUT2D eigenvalue weighted by atomic mass is 9.97. The number of nitrogens with zero attached hydrogens (tertiary/aromatic N) is 2. The Morgan fingerprint density at radius 1 is 0.523 bits per heavy atom. The summed E-state index contributed by atoms with van der Waals surface area (Å²) in [5, 5.41) is 5.88. The lowest BCUT2D eigenvalue weighted by Crippen LogP contribution is -2.34. The molecule has 3 aromatic rings. The number of carbonyl (C=O) groups is 4. The van der Waals surface area contributed by atoms with Gasteiger partial charge in [-0.15, -0.1) is 0 Å². The predicted octanol–water partition coefficient (Wildman–Crippen LogP) is 4.68. The Kier molecular flexibility index (Phi) is 13.9. The van der Waals surface area contributed by atoms with Gasteiger partial charge in [0.15, 0.2) is 11.6 Å². The molecule has 0 heterocycles. The van der Waals surface area contributed by atoms with Gasteiger partial charge in [0.05, 0.1) is 0 Å². The normalized spacial score (nSPS) is 11.0. The summed E-state index contributed by atoms with van der Waals surface area (Å²) in [7, 11) is 0. The van der Waals surface area contributed by atoms with Crippen molar-refractivity contribution in [1.29, 1.82) is 0 Å². The van der Waals surface area contributed by atoms with E-state index in [1.165, 1.54) is 0 Å². The van der Waals surface area contributed by atoms with Crippen molar-refractivity contribution in [3.05, 3.63) is 106 Å². The summed E-state index contributed by atoms with van der Waals surface area (Å²) in [5.74, 6) is -0.477. The van der Waals surface area contributed by atoms with E-state index in [0.29, 0.717) is 35.3 Å². The first-order chi connectivity index (χ1) is 21.3. The number of likely N-dealkylation sites (N-methyl/N-ethyl adjacent to an activating group) is 2. The van der Waals surface area contributed by atoms with Crippen molar-refractivity contribution in [2.24, 2.45) is 0 Å². The molecule has 0 fully saturated rings. The summed E-state index contributed by atoms with van der Waals surface area (Å²) in [6.07, 6.45) is 0.333. The Balaban J connectivity index is 1.52. The number of hydrogen-bond donors (Lipinski definition) is 2. The van der Waals surface area contributed by atoms with Crippen LogP contribution in [-0.2, 0) is 12.8 Å². The van der Waals surface area contributed by atoms with E-state index in [9.17, 15) is 19.2 Å². The largest absolute Gasteiger partial charge is 0.351 e. The Hall–Kier alpha value is -4.14. The Morgan fingerprint density at radius 2 is 0.886 bits per heavy atom. The summed E-state index contributed by atoms with van der Waals surface area (Å²) >= 11 is 0. The molecule has 3 rings (SSSR count). The molecule has 0 spiro atoms. The van der Waals surface area contributed by atoms with Crippen LogP contribution in [0.15, 0.2) is 72.8 Å². The topological polar surface area (TPSA) is 98.8 Å². The van der Waals surface area contributed by atoms with Crippen molar-refractivity contribution < 1.29 is 19.2 Å². The quantitative estimate of drug-likeness (QED) is 0.206. The van der Waals surface area contributed by atoms with Crippen LogP contribution in [0.2, 0.25) is 0 Å². The van der Waals surface area contributed by atoms with Crippen molar-refractivity contribution in [2.75, 3.05) is 52.4 Å². The van der Waals surface area contributed by atoms with Crippen LogP contribution >= 0.6 is 0 Å². The molecule has 0 aromatic heterocycles. The third-order valence-corrected chi connectivity index (χ3v) is 7.88. The van der Waals surface area contributed by atoms with Gasteiger partial charge in [-0.3, -0.25) is 19.2 Å². The molecule has 8 heteroatoms. The first-order valence-corrected chi connectivity index (χ1v) is 15.6. The molecule has 234 valence electrons. The highest BCUT2D eigenvalue weighted by atomic mass is 16.2. The fourth-order valence-electron chi connectivity index (χ4n) is 4.93. The maximum absolute atomic E-state index is 13.0. The molecular weight excluding hydrogens is 552 g/mol. The van der Waals surface area contributed by atoms with E-state index in [1.807, 2.05) is 0 Å². The predicted molar refractivity (Wildman–Crippen MR) is 176 cm³/mol. The monoisotopic (exact) mass is 598 g/mol. The smallest absolute Gasteiger partial charge is 0.251 e. The standard InChI is InChI=1S/C36H46N4O4/c1-5-39(6-2)22-20-37-35(43)29-16-12-27(13-17-29)24-33(41)31-10-9-11-32(26-31)34(42)25-28-14-18-30(19-15-28)36(44)38-21-23-40(7-3)8-4/h9-19,26H,5-8,20-25H2,1-4H3,(H,37,43)(H,38,44). The van der Waals surface area contributed by atoms with Crippen molar-refractivity contribution in [1.82, 2.24) is 20.4 Å². The van der Waals surface area contributed by atoms with Crippen molar-refractivity contribution in [3.8, 4) is 0 Å². The van der Waals surface area contributed by atoms with Crippen LogP contribution in [0.25, 0.3) is 0 Å². The van der Waals surface area contributed by atoms with Crippen molar-refractivity contribution in [3.63, 3.8) is 0 Å². The lowest BCUT2D eigenvalue weighted by molar-refractivity contribution is 0.0940. The number of Topliss-reactive ketones (excluding diaryl/α,β-unsaturated/α-hetero) is 2. The number of nitrogens with one attached hydrogen (secondary N) is 2. The number of rotatable bonds is 18. The molecule has 0 aliphatic rings. The van der Waals surface area contributed by atoms with Crippen molar-refractivity contribution >= 4 is 23.4 Å². The van der Waals surface area contributed by atoms with Crippen LogP contribution < -0.4 is 10.6 Å². The van der Waals surface area contributed by atoms with Gasteiger partial charge in [0.1, 0.15) is 0 Å². The van der Waals surface area contributed by atoms with Gasteiger partial charge in [-0.2, -0.15) is 0 Å². The van der Waals surface area contributed by atoms with Crippen LogP contribution in [0.3, 0.4) is 0 Å². The number of hydrogen-bond acceptors (Lipinski definition) is 6. The zero-order valence-electron chi connectivity index (χ0n) is 26.5. The maximum Gasteiger partial charge on any atom is 0.251 e. The van der Waals surface area contributed by atoms with Crippen LogP contribution in [0, 0.1) is 0 Å². The molecular formula is C36H46N4O4. The molecule has 3 aromatic carbocycles. The molecule has 2 N–H and O–H groups in total. The third kappa shape index (κ3) is 10.5. The van der Waals surface area contributed by atoms with E-state index in [2.05, 4.69) is 48.1 Å². The highest BCUT2D eigenvalue weighted by molar-refractivity contribution is 6.03. The minimum atomic E-state index is -0.134. The van der Waals surface area contributed by atoms with Gasteiger partial charge in [-0.25, -0.2) is 0 Å². The molecule has 0 saturated carbocycles. The van der Waals surface area contributed by atoms with Gasteiger partial charge in [0.2, 0.25) is 0 Å². The van der Waals surface area contributed by atoms with E-state index in [1.54, 1.807) is 72.8 Å².